The van der Waals surface area contributed by atoms with Crippen molar-refractivity contribution in [2.45, 2.75) is 18.6 Å². The molecule has 0 radical (unpaired) electrons. The number of carbonyl (C=O) groups is 2. The van der Waals surface area contributed by atoms with Gasteiger partial charge in [-0.3, -0.25) is 9.59 Å². The smallest absolute Gasteiger partial charge is 0.240 e. The van der Waals surface area contributed by atoms with Gasteiger partial charge in [0.05, 0.1) is 5.25 Å². The average Bonchev–Trinajstić information content (AvgIpc) is 3.03. The lowest BCUT2D eigenvalue weighted by Crippen LogP contribution is -2.26. The van der Waals surface area contributed by atoms with Gasteiger partial charge in [-0.1, -0.05) is 59.8 Å². The van der Waals surface area contributed by atoms with E-state index in [1.165, 1.54) is 11.8 Å². The Balaban J connectivity index is 1.56. The van der Waals surface area contributed by atoms with Gasteiger partial charge in [0.2, 0.25) is 5.91 Å². The van der Waals surface area contributed by atoms with E-state index in [4.69, 9.17) is 11.6 Å². The number of thioether (sulfide) groups is 1. The molecule has 7 heteroatoms. The molecule has 0 aliphatic carbocycles. The minimum atomic E-state index is -0.516. The second-order valence-corrected chi connectivity index (χ2v) is 7.73. The predicted octanol–water partition coefficient (Wildman–Crippen LogP) is 4.51. The van der Waals surface area contributed by atoms with Crippen molar-refractivity contribution in [2.75, 3.05) is 0 Å². The number of allylic oxidation sites excluding steroid dienone is 1. The Hall–Kier alpha value is -2.70. The van der Waals surface area contributed by atoms with E-state index in [2.05, 4.69) is 15.5 Å². The molecule has 1 aliphatic heterocycles. The summed E-state index contributed by atoms with van der Waals surface area (Å²) in [6.45, 7) is 1.84. The van der Waals surface area contributed by atoms with Crippen molar-refractivity contribution in [2.24, 2.45) is 10.2 Å². The van der Waals surface area contributed by atoms with Crippen LogP contribution in [-0.2, 0) is 4.79 Å². The van der Waals surface area contributed by atoms with Crippen LogP contribution in [0.25, 0.3) is 6.08 Å². The van der Waals surface area contributed by atoms with Crippen LogP contribution < -0.4 is 5.32 Å². The van der Waals surface area contributed by atoms with Gasteiger partial charge >= 0.3 is 0 Å². The maximum Gasteiger partial charge on any atom is 0.240 e. The van der Waals surface area contributed by atoms with Crippen molar-refractivity contribution in [3.05, 3.63) is 76.3 Å². The van der Waals surface area contributed by atoms with Crippen LogP contribution in [0.1, 0.15) is 27.9 Å². The fraction of sp³-hybridized carbons (Fsp3) is 0.143. The van der Waals surface area contributed by atoms with Crippen LogP contribution in [0, 0.1) is 6.92 Å². The maximum absolute atomic E-state index is 12.4. The van der Waals surface area contributed by atoms with E-state index in [9.17, 15) is 9.59 Å². The minimum absolute atomic E-state index is 0.0915. The number of nitrogens with zero attached hydrogens (tertiary/aromatic N) is 2. The Morgan fingerprint density at radius 2 is 2.04 bits per heavy atom. The van der Waals surface area contributed by atoms with Gasteiger partial charge in [0.15, 0.2) is 11.0 Å². The van der Waals surface area contributed by atoms with Crippen molar-refractivity contribution in [1.29, 1.82) is 0 Å². The van der Waals surface area contributed by atoms with Gasteiger partial charge in [-0.25, -0.2) is 0 Å². The molecule has 1 amide bonds. The topological polar surface area (TPSA) is 70.9 Å². The number of nitrogens with one attached hydrogen (secondary N) is 1. The number of ketones is 1. The number of Topliss-reactive ketones (excluding diaryl/α,β-unsaturated/α-hetero) is 1. The third-order valence-corrected chi connectivity index (χ3v) is 5.51. The van der Waals surface area contributed by atoms with Crippen molar-refractivity contribution in [3.63, 3.8) is 0 Å². The largest absolute Gasteiger partial charge is 0.303 e. The second kappa shape index (κ2) is 9.48. The quantitative estimate of drug-likeness (QED) is 0.432. The summed E-state index contributed by atoms with van der Waals surface area (Å²) in [6, 6.07) is 14.9. The molecule has 1 heterocycles. The van der Waals surface area contributed by atoms with Crippen LogP contribution in [0.3, 0.4) is 0 Å². The standard InChI is InChI=1S/C21H18ClN3O2S/c1-14-12-16(9-10-17(14)22)18(26)13-19-20(27)24-21(28-19)25-23-11-5-8-15-6-3-2-4-7-15/h2-12,19H,13H2,1H3,(H,24,25,27)/b8-5+,23-11+. The SMILES string of the molecule is Cc1cc(C(=O)CC2S/C(=N/N=C/C=C/c3ccccc3)NC2=O)ccc1Cl. The molecule has 1 saturated heterocycles. The first-order valence-corrected chi connectivity index (χ1v) is 9.88. The molecule has 0 spiro atoms. The van der Waals surface area contributed by atoms with Crippen LogP contribution >= 0.6 is 23.4 Å². The van der Waals surface area contributed by atoms with Gasteiger partial charge in [0.1, 0.15) is 0 Å². The Kier molecular flexibility index (Phi) is 6.79. The van der Waals surface area contributed by atoms with Gasteiger partial charge in [0.25, 0.3) is 0 Å². The van der Waals surface area contributed by atoms with Gasteiger partial charge < -0.3 is 5.32 Å². The Morgan fingerprint density at radius 1 is 1.25 bits per heavy atom. The molecule has 1 atom stereocenters. The lowest BCUT2D eigenvalue weighted by molar-refractivity contribution is -0.118. The number of carbonyl (C=O) groups excluding carboxylic acids is 2. The lowest BCUT2D eigenvalue weighted by Gasteiger charge is -2.06. The summed E-state index contributed by atoms with van der Waals surface area (Å²) in [5.41, 5.74) is 2.43. The summed E-state index contributed by atoms with van der Waals surface area (Å²) >= 11 is 7.20. The number of hydrogen-bond acceptors (Lipinski definition) is 5. The zero-order chi connectivity index (χ0) is 19.9. The third kappa shape index (κ3) is 5.41. The zero-order valence-corrected chi connectivity index (χ0v) is 16.7. The number of aryl methyl sites for hydroxylation is 1. The van der Waals surface area contributed by atoms with Crippen molar-refractivity contribution in [1.82, 2.24) is 5.32 Å². The molecule has 3 rings (SSSR count). The highest BCUT2D eigenvalue weighted by Crippen LogP contribution is 2.25. The molecule has 142 valence electrons. The third-order valence-electron chi connectivity index (χ3n) is 4.02. The van der Waals surface area contributed by atoms with Crippen molar-refractivity contribution >= 4 is 52.5 Å². The van der Waals surface area contributed by atoms with E-state index in [1.807, 2.05) is 43.3 Å². The molecule has 1 unspecified atom stereocenters. The monoisotopic (exact) mass is 411 g/mol. The molecular weight excluding hydrogens is 394 g/mol. The van der Waals surface area contributed by atoms with E-state index in [0.29, 0.717) is 15.8 Å². The van der Waals surface area contributed by atoms with Crippen LogP contribution in [0.15, 0.2) is 64.8 Å². The molecule has 0 aromatic heterocycles. The molecular formula is C21H18ClN3O2S. The van der Waals surface area contributed by atoms with Gasteiger partial charge in [-0.2, -0.15) is 5.10 Å². The van der Waals surface area contributed by atoms with E-state index in [0.717, 1.165) is 11.1 Å². The molecule has 5 nitrogen and oxygen atoms in total. The van der Waals surface area contributed by atoms with E-state index < -0.39 is 5.25 Å². The zero-order valence-electron chi connectivity index (χ0n) is 15.1. The average molecular weight is 412 g/mol. The van der Waals surface area contributed by atoms with Crippen LogP contribution in [0.2, 0.25) is 5.02 Å². The number of halogens is 1. The normalized spacial score (nSPS) is 18.3. The fourth-order valence-electron chi connectivity index (χ4n) is 2.53. The summed E-state index contributed by atoms with van der Waals surface area (Å²) in [6.07, 6.45) is 5.31. The Bertz CT molecular complexity index is 971. The molecule has 1 N–H and O–H groups in total. The number of benzene rings is 2. The summed E-state index contributed by atoms with van der Waals surface area (Å²) in [4.78, 5) is 24.5. The molecule has 1 fully saturated rings. The first-order chi connectivity index (χ1) is 13.5. The maximum atomic E-state index is 12.4. The molecule has 1 aliphatic rings. The first kappa shape index (κ1) is 20.0. The highest BCUT2D eigenvalue weighted by Gasteiger charge is 2.32. The fourth-order valence-corrected chi connectivity index (χ4v) is 3.58. The summed E-state index contributed by atoms with van der Waals surface area (Å²) < 4.78 is 0. The highest BCUT2D eigenvalue weighted by atomic mass is 35.5. The number of rotatable bonds is 6. The van der Waals surface area contributed by atoms with Crippen LogP contribution in [0.5, 0.6) is 0 Å². The summed E-state index contributed by atoms with van der Waals surface area (Å²) in [5.74, 6) is -0.347. The molecule has 0 bridgehead atoms. The second-order valence-electron chi connectivity index (χ2n) is 6.13. The van der Waals surface area contributed by atoms with Crippen LogP contribution in [0.4, 0.5) is 0 Å². The minimum Gasteiger partial charge on any atom is -0.303 e. The summed E-state index contributed by atoms with van der Waals surface area (Å²) in [7, 11) is 0. The Morgan fingerprint density at radius 3 is 2.79 bits per heavy atom. The number of amides is 1. The van der Waals surface area contributed by atoms with Gasteiger partial charge in [0, 0.05) is 23.2 Å². The van der Waals surface area contributed by atoms with E-state index in [1.54, 1.807) is 30.5 Å². The molecule has 0 saturated carbocycles. The van der Waals surface area contributed by atoms with E-state index >= 15 is 0 Å². The van der Waals surface area contributed by atoms with Crippen molar-refractivity contribution < 1.29 is 9.59 Å². The lowest BCUT2D eigenvalue weighted by atomic mass is 10.0. The highest BCUT2D eigenvalue weighted by molar-refractivity contribution is 8.15. The summed E-state index contributed by atoms with van der Waals surface area (Å²) in [5, 5.41) is 11.1. The molecule has 28 heavy (non-hydrogen) atoms. The van der Waals surface area contributed by atoms with Crippen LogP contribution in [-0.4, -0.2) is 28.3 Å². The number of hydrogen-bond donors (Lipinski definition) is 1. The van der Waals surface area contributed by atoms with Crippen molar-refractivity contribution in [3.8, 4) is 0 Å². The van der Waals surface area contributed by atoms with Gasteiger partial charge in [-0.05, 0) is 42.3 Å². The first-order valence-electron chi connectivity index (χ1n) is 8.62. The Labute approximate surface area is 172 Å². The number of amidine groups is 1. The predicted molar refractivity (Wildman–Crippen MR) is 116 cm³/mol. The molecule has 2 aromatic carbocycles. The van der Waals surface area contributed by atoms with Gasteiger partial charge in [-0.15, -0.1) is 5.10 Å². The molecule has 2 aromatic rings. The van der Waals surface area contributed by atoms with E-state index in [-0.39, 0.29) is 18.1 Å².